The molecule has 2 heterocycles. The number of ether oxygens (including phenoxy) is 3. The van der Waals surface area contributed by atoms with Crippen LogP contribution in [-0.2, 0) is 11.2 Å². The van der Waals surface area contributed by atoms with Gasteiger partial charge in [0.25, 0.3) is 0 Å². The SMILES string of the molecule is COc1ccc(OCCN2CCN(C(=O)C3Cc4c(cccc4OC)N3)CC2)cc1. The Bertz CT molecular complexity index is 863. The predicted molar refractivity (Wildman–Crippen MR) is 116 cm³/mol. The van der Waals surface area contributed by atoms with Gasteiger partial charge >= 0.3 is 0 Å². The average Bonchev–Trinajstić information content (AvgIpc) is 3.24. The lowest BCUT2D eigenvalue weighted by Gasteiger charge is -2.35. The highest BCUT2D eigenvalue weighted by Crippen LogP contribution is 2.34. The van der Waals surface area contributed by atoms with Crippen molar-refractivity contribution in [3.8, 4) is 17.2 Å². The maximum atomic E-state index is 13.0. The van der Waals surface area contributed by atoms with Crippen molar-refractivity contribution in [2.75, 3.05) is 58.9 Å². The van der Waals surface area contributed by atoms with Crippen LogP contribution in [0, 0.1) is 0 Å². The highest BCUT2D eigenvalue weighted by atomic mass is 16.5. The van der Waals surface area contributed by atoms with Crippen molar-refractivity contribution in [2.45, 2.75) is 12.5 Å². The topological polar surface area (TPSA) is 63.3 Å². The molecule has 4 rings (SSSR count). The Hall–Kier alpha value is -2.93. The monoisotopic (exact) mass is 411 g/mol. The number of rotatable bonds is 7. The number of anilines is 1. The van der Waals surface area contributed by atoms with Gasteiger partial charge in [0.1, 0.15) is 29.9 Å². The first kappa shape index (κ1) is 20.3. The summed E-state index contributed by atoms with van der Waals surface area (Å²) in [5.41, 5.74) is 2.09. The lowest BCUT2D eigenvalue weighted by Crippen LogP contribution is -2.53. The minimum absolute atomic E-state index is 0.169. The molecular formula is C23H29N3O4. The van der Waals surface area contributed by atoms with E-state index in [0.717, 1.165) is 61.2 Å². The van der Waals surface area contributed by atoms with Crippen LogP contribution in [0.15, 0.2) is 42.5 Å². The lowest BCUT2D eigenvalue weighted by atomic mass is 10.1. The molecule has 1 unspecified atom stereocenters. The molecule has 30 heavy (non-hydrogen) atoms. The van der Waals surface area contributed by atoms with Gasteiger partial charge in [-0.25, -0.2) is 0 Å². The van der Waals surface area contributed by atoms with Crippen LogP contribution in [0.25, 0.3) is 0 Å². The number of hydrogen-bond acceptors (Lipinski definition) is 6. The number of nitrogens with zero attached hydrogens (tertiary/aromatic N) is 2. The Labute approximate surface area is 177 Å². The zero-order valence-corrected chi connectivity index (χ0v) is 17.6. The van der Waals surface area contributed by atoms with E-state index in [1.165, 1.54) is 0 Å². The molecule has 7 heteroatoms. The summed E-state index contributed by atoms with van der Waals surface area (Å²) in [5.74, 6) is 2.67. The molecule has 1 saturated heterocycles. The van der Waals surface area contributed by atoms with Gasteiger partial charge in [0, 0.05) is 50.4 Å². The molecular weight excluding hydrogens is 382 g/mol. The van der Waals surface area contributed by atoms with Crippen LogP contribution in [0.1, 0.15) is 5.56 Å². The summed E-state index contributed by atoms with van der Waals surface area (Å²) in [6.45, 7) is 4.68. The zero-order valence-electron chi connectivity index (χ0n) is 17.6. The molecule has 2 aliphatic heterocycles. The molecule has 0 aliphatic carbocycles. The summed E-state index contributed by atoms with van der Waals surface area (Å²) in [6.07, 6.45) is 0.675. The number of fused-ring (bicyclic) bond motifs is 1. The Morgan fingerprint density at radius 3 is 2.43 bits per heavy atom. The molecule has 0 bridgehead atoms. The van der Waals surface area contributed by atoms with Crippen LogP contribution in [0.2, 0.25) is 0 Å². The van der Waals surface area contributed by atoms with E-state index in [1.54, 1.807) is 14.2 Å². The molecule has 0 radical (unpaired) electrons. The van der Waals surface area contributed by atoms with Gasteiger partial charge in [0.15, 0.2) is 0 Å². The second-order valence-corrected chi connectivity index (χ2v) is 7.58. The molecule has 1 amide bonds. The number of carbonyl (C=O) groups is 1. The van der Waals surface area contributed by atoms with Crippen molar-refractivity contribution in [3.05, 3.63) is 48.0 Å². The fourth-order valence-corrected chi connectivity index (χ4v) is 4.07. The normalized spacial score (nSPS) is 18.5. The van der Waals surface area contributed by atoms with Gasteiger partial charge in [0.2, 0.25) is 5.91 Å². The van der Waals surface area contributed by atoms with Crippen molar-refractivity contribution >= 4 is 11.6 Å². The fourth-order valence-electron chi connectivity index (χ4n) is 4.07. The predicted octanol–water partition coefficient (Wildman–Crippen LogP) is 2.26. The van der Waals surface area contributed by atoms with Gasteiger partial charge in [-0.3, -0.25) is 9.69 Å². The number of carbonyl (C=O) groups excluding carboxylic acids is 1. The second-order valence-electron chi connectivity index (χ2n) is 7.58. The Morgan fingerprint density at radius 1 is 1.00 bits per heavy atom. The summed E-state index contributed by atoms with van der Waals surface area (Å²) in [6, 6.07) is 13.3. The van der Waals surface area contributed by atoms with Gasteiger partial charge in [-0.15, -0.1) is 0 Å². The molecule has 0 aromatic heterocycles. The molecule has 2 aliphatic rings. The van der Waals surface area contributed by atoms with Gasteiger partial charge in [-0.05, 0) is 36.4 Å². The van der Waals surface area contributed by atoms with Crippen LogP contribution in [0.4, 0.5) is 5.69 Å². The molecule has 2 aromatic carbocycles. The number of benzene rings is 2. The first-order valence-electron chi connectivity index (χ1n) is 10.4. The van der Waals surface area contributed by atoms with Gasteiger partial charge in [-0.2, -0.15) is 0 Å². The standard InChI is InChI=1S/C23H29N3O4/c1-28-17-6-8-18(9-7-17)30-15-14-25-10-12-26(13-11-25)23(27)21-16-19-20(24-21)4-3-5-22(19)29-2/h3-9,21,24H,10-16H2,1-2H3. The minimum atomic E-state index is -0.207. The van der Waals surface area contributed by atoms with E-state index < -0.39 is 0 Å². The number of hydrogen-bond donors (Lipinski definition) is 1. The van der Waals surface area contributed by atoms with Crippen LogP contribution >= 0.6 is 0 Å². The first-order valence-corrected chi connectivity index (χ1v) is 10.4. The quantitative estimate of drug-likeness (QED) is 0.754. The summed E-state index contributed by atoms with van der Waals surface area (Å²) in [5, 5.41) is 3.36. The van der Waals surface area contributed by atoms with E-state index in [0.29, 0.717) is 13.0 Å². The summed E-state index contributed by atoms with van der Waals surface area (Å²) < 4.78 is 16.4. The van der Waals surface area contributed by atoms with Crippen molar-refractivity contribution in [3.63, 3.8) is 0 Å². The number of nitrogens with one attached hydrogen (secondary N) is 1. The third kappa shape index (κ3) is 4.46. The van der Waals surface area contributed by atoms with E-state index in [4.69, 9.17) is 14.2 Å². The maximum Gasteiger partial charge on any atom is 0.245 e. The molecule has 160 valence electrons. The van der Waals surface area contributed by atoms with Gasteiger partial charge < -0.3 is 24.4 Å². The van der Waals surface area contributed by atoms with Crippen LogP contribution < -0.4 is 19.5 Å². The average molecular weight is 412 g/mol. The highest BCUT2D eigenvalue weighted by Gasteiger charge is 2.33. The van der Waals surface area contributed by atoms with Crippen LogP contribution in [0.5, 0.6) is 17.2 Å². The van der Waals surface area contributed by atoms with Gasteiger partial charge in [0.05, 0.1) is 14.2 Å². The molecule has 1 fully saturated rings. The molecule has 2 aromatic rings. The van der Waals surface area contributed by atoms with Crippen molar-refractivity contribution < 1.29 is 19.0 Å². The first-order chi connectivity index (χ1) is 14.7. The van der Waals surface area contributed by atoms with Crippen LogP contribution in [0.3, 0.4) is 0 Å². The molecule has 1 atom stereocenters. The van der Waals surface area contributed by atoms with Crippen molar-refractivity contribution in [1.29, 1.82) is 0 Å². The molecule has 1 N–H and O–H groups in total. The number of amides is 1. The smallest absolute Gasteiger partial charge is 0.245 e. The molecule has 0 saturated carbocycles. The lowest BCUT2D eigenvalue weighted by molar-refractivity contribution is -0.133. The van der Waals surface area contributed by atoms with E-state index >= 15 is 0 Å². The molecule has 0 spiro atoms. The van der Waals surface area contributed by atoms with Crippen molar-refractivity contribution in [2.24, 2.45) is 0 Å². The number of methoxy groups -OCH3 is 2. The molecule has 7 nitrogen and oxygen atoms in total. The Balaban J connectivity index is 1.21. The largest absolute Gasteiger partial charge is 0.497 e. The fraction of sp³-hybridized carbons (Fsp3) is 0.435. The van der Waals surface area contributed by atoms with E-state index in [-0.39, 0.29) is 11.9 Å². The summed E-state index contributed by atoms with van der Waals surface area (Å²) >= 11 is 0. The third-order valence-corrected chi connectivity index (χ3v) is 5.81. The second kappa shape index (κ2) is 9.26. The highest BCUT2D eigenvalue weighted by molar-refractivity contribution is 5.88. The van der Waals surface area contributed by atoms with E-state index in [1.807, 2.05) is 47.4 Å². The third-order valence-electron chi connectivity index (χ3n) is 5.81. The minimum Gasteiger partial charge on any atom is -0.497 e. The zero-order chi connectivity index (χ0) is 20.9. The Morgan fingerprint density at radius 2 is 1.73 bits per heavy atom. The Kier molecular flexibility index (Phi) is 6.28. The van der Waals surface area contributed by atoms with E-state index in [2.05, 4.69) is 10.2 Å². The summed E-state index contributed by atoms with van der Waals surface area (Å²) in [7, 11) is 3.32. The number of piperazine rings is 1. The maximum absolute atomic E-state index is 13.0. The van der Waals surface area contributed by atoms with E-state index in [9.17, 15) is 4.79 Å². The summed E-state index contributed by atoms with van der Waals surface area (Å²) in [4.78, 5) is 17.3. The van der Waals surface area contributed by atoms with Crippen molar-refractivity contribution in [1.82, 2.24) is 9.80 Å². The van der Waals surface area contributed by atoms with Gasteiger partial charge in [-0.1, -0.05) is 6.07 Å². The van der Waals surface area contributed by atoms with Crippen LogP contribution in [-0.4, -0.2) is 75.3 Å².